The van der Waals surface area contributed by atoms with Gasteiger partial charge in [-0.15, -0.1) is 0 Å². The summed E-state index contributed by atoms with van der Waals surface area (Å²) in [5.41, 5.74) is 2.82. The van der Waals surface area contributed by atoms with Gasteiger partial charge in [-0.3, -0.25) is 0 Å². The SMILES string of the molecule is CC(C)OC(=O)c1ncc(Cc2ccc(F)cc2)cc1C#N.CC(C)OC(=O)c1ncc(Cc2ccc(F)cc2)cc1C(=O)O. The van der Waals surface area contributed by atoms with Crippen LogP contribution in [-0.4, -0.2) is 45.2 Å². The Hall–Kier alpha value is -5.50. The molecule has 0 unspecified atom stereocenters. The monoisotopic (exact) mass is 615 g/mol. The Kier molecular flexibility index (Phi) is 12.0. The molecule has 2 aromatic carbocycles. The van der Waals surface area contributed by atoms with E-state index in [4.69, 9.17) is 9.47 Å². The fraction of sp³-hybridized carbons (Fsp3) is 0.235. The number of carbonyl (C=O) groups is 3. The Morgan fingerprint density at radius 1 is 0.733 bits per heavy atom. The maximum atomic E-state index is 12.9. The van der Waals surface area contributed by atoms with Crippen molar-refractivity contribution in [3.63, 3.8) is 0 Å². The first-order chi connectivity index (χ1) is 21.4. The summed E-state index contributed by atoms with van der Waals surface area (Å²) in [7, 11) is 0. The quantitative estimate of drug-likeness (QED) is 0.214. The molecule has 11 heteroatoms. The number of hydrogen-bond donors (Lipinski definition) is 1. The van der Waals surface area contributed by atoms with Crippen molar-refractivity contribution in [3.05, 3.63) is 129 Å². The Balaban J connectivity index is 0.000000246. The normalized spacial score (nSPS) is 10.5. The van der Waals surface area contributed by atoms with E-state index < -0.39 is 17.9 Å². The van der Waals surface area contributed by atoms with Crippen LogP contribution in [0.4, 0.5) is 8.78 Å². The van der Waals surface area contributed by atoms with Gasteiger partial charge < -0.3 is 14.6 Å². The van der Waals surface area contributed by atoms with Crippen LogP contribution in [0.15, 0.2) is 73.1 Å². The third-order valence-corrected chi connectivity index (χ3v) is 5.95. The third kappa shape index (κ3) is 10.3. The number of esters is 2. The molecular formula is C34H31F2N3O6. The van der Waals surface area contributed by atoms with Gasteiger partial charge in [0.15, 0.2) is 11.4 Å². The van der Waals surface area contributed by atoms with Crippen molar-refractivity contribution in [2.75, 3.05) is 0 Å². The largest absolute Gasteiger partial charge is 0.478 e. The van der Waals surface area contributed by atoms with E-state index >= 15 is 0 Å². The zero-order valence-electron chi connectivity index (χ0n) is 25.1. The molecule has 2 aromatic heterocycles. The summed E-state index contributed by atoms with van der Waals surface area (Å²) in [5, 5.41) is 18.5. The summed E-state index contributed by atoms with van der Waals surface area (Å²) >= 11 is 0. The van der Waals surface area contributed by atoms with Crippen molar-refractivity contribution in [2.45, 2.75) is 52.7 Å². The zero-order valence-corrected chi connectivity index (χ0v) is 25.1. The molecule has 232 valence electrons. The second-order valence-corrected chi connectivity index (χ2v) is 10.4. The summed E-state index contributed by atoms with van der Waals surface area (Å²) in [6.45, 7) is 6.79. The Labute approximate surface area is 259 Å². The molecule has 0 radical (unpaired) electrons. The Morgan fingerprint density at radius 3 is 1.58 bits per heavy atom. The molecule has 4 aromatic rings. The molecule has 1 N–H and O–H groups in total. The number of aromatic nitrogens is 2. The zero-order chi connectivity index (χ0) is 33.1. The topological polar surface area (TPSA) is 139 Å². The lowest BCUT2D eigenvalue weighted by Crippen LogP contribution is -2.17. The number of nitrogens with zero attached hydrogens (tertiary/aromatic N) is 3. The molecule has 0 saturated carbocycles. The highest BCUT2D eigenvalue weighted by Crippen LogP contribution is 2.17. The summed E-state index contributed by atoms with van der Waals surface area (Å²) in [5.74, 6) is -3.28. The Bertz CT molecular complexity index is 1700. The molecule has 0 aliphatic carbocycles. The lowest BCUT2D eigenvalue weighted by molar-refractivity contribution is 0.0357. The van der Waals surface area contributed by atoms with Crippen LogP contribution in [0, 0.1) is 23.0 Å². The summed E-state index contributed by atoms with van der Waals surface area (Å²) < 4.78 is 35.8. The molecule has 0 bridgehead atoms. The average molecular weight is 616 g/mol. The van der Waals surface area contributed by atoms with E-state index in [0.29, 0.717) is 18.4 Å². The first kappa shape index (κ1) is 34.0. The highest BCUT2D eigenvalue weighted by atomic mass is 19.1. The van der Waals surface area contributed by atoms with Crippen LogP contribution < -0.4 is 0 Å². The van der Waals surface area contributed by atoms with Crippen LogP contribution in [0.2, 0.25) is 0 Å². The van der Waals surface area contributed by atoms with E-state index in [-0.39, 0.29) is 46.4 Å². The molecule has 0 saturated heterocycles. The summed E-state index contributed by atoms with van der Waals surface area (Å²) in [4.78, 5) is 43.1. The number of nitriles is 1. The fourth-order valence-electron chi connectivity index (χ4n) is 4.00. The highest BCUT2D eigenvalue weighted by molar-refractivity contribution is 6.01. The fourth-order valence-corrected chi connectivity index (χ4v) is 4.00. The number of rotatable bonds is 9. The maximum Gasteiger partial charge on any atom is 0.358 e. The van der Waals surface area contributed by atoms with Gasteiger partial charge in [0.25, 0.3) is 0 Å². The molecule has 9 nitrogen and oxygen atoms in total. The molecule has 2 heterocycles. The van der Waals surface area contributed by atoms with E-state index in [1.54, 1.807) is 58.0 Å². The van der Waals surface area contributed by atoms with Crippen molar-refractivity contribution in [1.82, 2.24) is 9.97 Å². The first-order valence-electron chi connectivity index (χ1n) is 13.9. The molecule has 45 heavy (non-hydrogen) atoms. The van der Waals surface area contributed by atoms with E-state index in [1.165, 1.54) is 42.7 Å². The van der Waals surface area contributed by atoms with E-state index in [1.807, 2.05) is 6.07 Å². The molecule has 0 amide bonds. The van der Waals surface area contributed by atoms with Gasteiger partial charge in [-0.1, -0.05) is 24.3 Å². The number of ether oxygens (including phenoxy) is 2. The first-order valence-corrected chi connectivity index (χ1v) is 13.9. The highest BCUT2D eigenvalue weighted by Gasteiger charge is 2.21. The number of pyridine rings is 2. The number of carbonyl (C=O) groups excluding carboxylic acids is 2. The van der Waals surface area contributed by atoms with Gasteiger partial charge in [0, 0.05) is 12.4 Å². The van der Waals surface area contributed by atoms with E-state index in [9.17, 15) is 33.5 Å². The second kappa shape index (κ2) is 15.8. The number of halogens is 2. The smallest absolute Gasteiger partial charge is 0.358 e. The van der Waals surface area contributed by atoms with E-state index in [0.717, 1.165) is 16.7 Å². The minimum Gasteiger partial charge on any atom is -0.478 e. The van der Waals surface area contributed by atoms with Crippen molar-refractivity contribution >= 4 is 17.9 Å². The molecule has 0 spiro atoms. The molecule has 0 aliphatic rings. The van der Waals surface area contributed by atoms with Crippen LogP contribution in [-0.2, 0) is 22.3 Å². The van der Waals surface area contributed by atoms with E-state index in [2.05, 4.69) is 9.97 Å². The van der Waals surface area contributed by atoms with Crippen molar-refractivity contribution in [3.8, 4) is 6.07 Å². The minimum absolute atomic E-state index is 0.0130. The molecule has 4 rings (SSSR count). The molecule has 0 atom stereocenters. The van der Waals surface area contributed by atoms with Crippen LogP contribution in [0.3, 0.4) is 0 Å². The molecule has 0 fully saturated rings. The maximum absolute atomic E-state index is 12.9. The number of carboxylic acid groups (broad SMARTS) is 1. The number of hydrogen-bond acceptors (Lipinski definition) is 8. The van der Waals surface area contributed by atoms with Crippen LogP contribution >= 0.6 is 0 Å². The van der Waals surface area contributed by atoms with Gasteiger partial charge in [-0.05, 0) is 99.2 Å². The molecule has 0 aliphatic heterocycles. The predicted octanol–water partition coefficient (Wildman–Crippen LogP) is 6.32. The van der Waals surface area contributed by atoms with Gasteiger partial charge in [-0.25, -0.2) is 33.1 Å². The summed E-state index contributed by atoms with van der Waals surface area (Å²) in [6, 6.07) is 16.9. The van der Waals surface area contributed by atoms with Gasteiger partial charge in [0.2, 0.25) is 0 Å². The Morgan fingerprint density at radius 2 is 1.16 bits per heavy atom. The van der Waals surface area contributed by atoms with Gasteiger partial charge in [0.05, 0.1) is 23.3 Å². The van der Waals surface area contributed by atoms with Gasteiger partial charge in [-0.2, -0.15) is 5.26 Å². The standard InChI is InChI=1S/C17H15FN2O2.C17H16FNO4/c1-11(2)22-17(21)16-14(9-19)8-13(10-20-16)7-12-3-5-15(18)6-4-12;1-10(2)23-17(22)15-14(16(20)21)8-12(9-19-15)7-11-3-5-13(18)6-4-11/h3-6,8,10-11H,7H2,1-2H3;3-6,8-10H,7H2,1-2H3,(H,20,21). The number of benzene rings is 2. The van der Waals surface area contributed by atoms with Crippen LogP contribution in [0.25, 0.3) is 0 Å². The predicted molar refractivity (Wildman–Crippen MR) is 160 cm³/mol. The minimum atomic E-state index is -1.26. The lowest BCUT2D eigenvalue weighted by Gasteiger charge is -2.10. The average Bonchev–Trinajstić information content (AvgIpc) is 2.99. The van der Waals surface area contributed by atoms with Gasteiger partial charge >= 0.3 is 17.9 Å². The van der Waals surface area contributed by atoms with Crippen molar-refractivity contribution in [1.29, 1.82) is 5.26 Å². The lowest BCUT2D eigenvalue weighted by atomic mass is 10.0. The second-order valence-electron chi connectivity index (χ2n) is 10.4. The van der Waals surface area contributed by atoms with Crippen LogP contribution in [0.1, 0.15) is 86.8 Å². The number of carboxylic acids is 1. The van der Waals surface area contributed by atoms with Gasteiger partial charge in [0.1, 0.15) is 17.7 Å². The number of aromatic carboxylic acids is 1. The van der Waals surface area contributed by atoms with Crippen molar-refractivity contribution < 1.29 is 37.7 Å². The van der Waals surface area contributed by atoms with Crippen molar-refractivity contribution in [2.24, 2.45) is 0 Å². The molecular weight excluding hydrogens is 584 g/mol. The van der Waals surface area contributed by atoms with Crippen LogP contribution in [0.5, 0.6) is 0 Å². The third-order valence-electron chi connectivity index (χ3n) is 5.95. The summed E-state index contributed by atoms with van der Waals surface area (Å²) in [6.07, 6.45) is 3.19.